The van der Waals surface area contributed by atoms with E-state index in [0.29, 0.717) is 23.5 Å². The van der Waals surface area contributed by atoms with Crippen LogP contribution in [0.25, 0.3) is 0 Å². The first-order valence-electron chi connectivity index (χ1n) is 6.96. The van der Waals surface area contributed by atoms with Crippen LogP contribution in [0.15, 0.2) is 0 Å². The second-order valence-electron chi connectivity index (χ2n) is 5.27. The van der Waals surface area contributed by atoms with Crippen molar-refractivity contribution >= 4 is 23.2 Å². The Kier molecular flexibility index (Phi) is 4.95. The summed E-state index contributed by atoms with van der Waals surface area (Å²) in [4.78, 5) is 30.3. The largest absolute Gasteiger partial charge is 0.481 e. The van der Waals surface area contributed by atoms with Crippen molar-refractivity contribution in [2.45, 2.75) is 32.8 Å². The number of carboxylic acid groups (broad SMARTS) is 1. The maximum atomic E-state index is 12.6. The Labute approximate surface area is 127 Å². The number of thiazole rings is 1. The molecule has 1 fully saturated rings. The molecule has 0 aromatic carbocycles. The summed E-state index contributed by atoms with van der Waals surface area (Å²) < 4.78 is 5.22. The molecule has 1 aromatic rings. The van der Waals surface area contributed by atoms with E-state index >= 15 is 0 Å². The molecule has 2 heterocycles. The molecule has 1 saturated heterocycles. The zero-order valence-electron chi connectivity index (χ0n) is 12.5. The smallest absolute Gasteiger partial charge is 0.308 e. The summed E-state index contributed by atoms with van der Waals surface area (Å²) in [7, 11) is 1.60. The van der Waals surface area contributed by atoms with Gasteiger partial charge in [-0.3, -0.25) is 9.59 Å². The van der Waals surface area contributed by atoms with Gasteiger partial charge < -0.3 is 14.7 Å². The van der Waals surface area contributed by atoms with Gasteiger partial charge in [-0.05, 0) is 26.7 Å². The van der Waals surface area contributed by atoms with Crippen LogP contribution in [-0.2, 0) is 9.53 Å². The maximum absolute atomic E-state index is 12.6. The molecule has 7 heteroatoms. The first kappa shape index (κ1) is 15.9. The van der Waals surface area contributed by atoms with Gasteiger partial charge in [0.25, 0.3) is 5.91 Å². The van der Waals surface area contributed by atoms with Crippen molar-refractivity contribution in [3.05, 3.63) is 15.6 Å². The Bertz CT molecular complexity index is 543. The Morgan fingerprint density at radius 2 is 2.24 bits per heavy atom. The van der Waals surface area contributed by atoms with Crippen molar-refractivity contribution in [1.29, 1.82) is 0 Å². The Morgan fingerprint density at radius 1 is 1.52 bits per heavy atom. The molecule has 1 aliphatic rings. The molecule has 0 unspecified atom stereocenters. The van der Waals surface area contributed by atoms with Gasteiger partial charge in [-0.25, -0.2) is 4.98 Å². The fraction of sp³-hybridized carbons (Fsp3) is 0.643. The summed E-state index contributed by atoms with van der Waals surface area (Å²) in [5.41, 5.74) is 0.682. The molecule has 21 heavy (non-hydrogen) atoms. The number of carboxylic acids is 1. The number of hydrogen-bond donors (Lipinski definition) is 1. The highest BCUT2D eigenvalue weighted by Gasteiger charge is 2.30. The third kappa shape index (κ3) is 3.41. The number of likely N-dealkylation sites (tertiary alicyclic amines) is 1. The topological polar surface area (TPSA) is 79.7 Å². The van der Waals surface area contributed by atoms with E-state index in [0.717, 1.165) is 11.4 Å². The molecule has 0 radical (unpaired) electrons. The SMILES string of the molecule is CO[C@@H](C)c1nc(C)c(C(=O)N2CCC[C@@H](C(=O)O)C2)s1. The first-order chi connectivity index (χ1) is 9.93. The second-order valence-corrected chi connectivity index (χ2v) is 6.30. The minimum atomic E-state index is -0.831. The van der Waals surface area contributed by atoms with E-state index in [1.165, 1.54) is 11.3 Å². The number of carbonyl (C=O) groups is 2. The van der Waals surface area contributed by atoms with Gasteiger partial charge in [0, 0.05) is 20.2 Å². The summed E-state index contributed by atoms with van der Waals surface area (Å²) in [6.07, 6.45) is 1.21. The molecule has 1 amide bonds. The van der Waals surface area contributed by atoms with Gasteiger partial charge >= 0.3 is 5.97 Å². The molecule has 116 valence electrons. The third-order valence-electron chi connectivity index (χ3n) is 3.77. The number of methoxy groups -OCH3 is 1. The van der Waals surface area contributed by atoms with Crippen molar-refractivity contribution in [3.63, 3.8) is 0 Å². The van der Waals surface area contributed by atoms with Crippen molar-refractivity contribution in [2.75, 3.05) is 20.2 Å². The van der Waals surface area contributed by atoms with E-state index in [4.69, 9.17) is 9.84 Å². The molecule has 6 nitrogen and oxygen atoms in total. The molecule has 0 spiro atoms. The number of hydrogen-bond acceptors (Lipinski definition) is 5. The standard InChI is InChI=1S/C14H20N2O4S/c1-8-11(21-12(15-8)9(2)20-3)13(17)16-6-4-5-10(7-16)14(18)19/h9-10H,4-7H2,1-3H3,(H,18,19)/t9-,10+/m0/s1. The number of piperidine rings is 1. The van der Waals surface area contributed by atoms with Crippen LogP contribution in [0, 0.1) is 12.8 Å². The van der Waals surface area contributed by atoms with Crippen LogP contribution in [0.1, 0.15) is 46.2 Å². The molecule has 2 rings (SSSR count). The van der Waals surface area contributed by atoms with Gasteiger partial charge in [-0.2, -0.15) is 0 Å². The fourth-order valence-corrected chi connectivity index (χ4v) is 3.46. The monoisotopic (exact) mass is 312 g/mol. The van der Waals surface area contributed by atoms with Gasteiger partial charge in [0.05, 0.1) is 11.6 Å². The van der Waals surface area contributed by atoms with Crippen LogP contribution in [0.3, 0.4) is 0 Å². The second kappa shape index (κ2) is 6.53. The Hall–Kier alpha value is -1.47. The number of carbonyl (C=O) groups excluding carboxylic acids is 1. The van der Waals surface area contributed by atoms with Crippen molar-refractivity contribution < 1.29 is 19.4 Å². The minimum absolute atomic E-state index is 0.120. The molecule has 1 N–H and O–H groups in total. The molecular weight excluding hydrogens is 292 g/mol. The van der Waals surface area contributed by atoms with E-state index in [1.54, 1.807) is 18.9 Å². The molecule has 0 bridgehead atoms. The van der Waals surface area contributed by atoms with Crippen LogP contribution in [-0.4, -0.2) is 47.1 Å². The van der Waals surface area contributed by atoms with E-state index in [1.807, 2.05) is 6.92 Å². The molecule has 0 saturated carbocycles. The summed E-state index contributed by atoms with van der Waals surface area (Å²) >= 11 is 1.33. The van der Waals surface area contributed by atoms with E-state index in [-0.39, 0.29) is 18.6 Å². The van der Waals surface area contributed by atoms with Crippen LogP contribution >= 0.6 is 11.3 Å². The van der Waals surface area contributed by atoms with E-state index < -0.39 is 11.9 Å². The average Bonchev–Trinajstić information content (AvgIpc) is 2.87. The zero-order valence-corrected chi connectivity index (χ0v) is 13.3. The number of amides is 1. The molecule has 1 aromatic heterocycles. The maximum Gasteiger partial charge on any atom is 0.308 e. The number of aromatic nitrogens is 1. The summed E-state index contributed by atoms with van der Waals surface area (Å²) in [6.45, 7) is 4.57. The van der Waals surface area contributed by atoms with Gasteiger partial charge in [0.2, 0.25) is 0 Å². The quantitative estimate of drug-likeness (QED) is 0.921. The lowest BCUT2D eigenvalue weighted by atomic mass is 9.98. The molecular formula is C14H20N2O4S. The number of aliphatic carboxylic acids is 1. The molecule has 1 aliphatic heterocycles. The highest BCUT2D eigenvalue weighted by Crippen LogP contribution is 2.28. The lowest BCUT2D eigenvalue weighted by Gasteiger charge is -2.30. The lowest BCUT2D eigenvalue weighted by Crippen LogP contribution is -2.42. The Balaban J connectivity index is 2.16. The van der Waals surface area contributed by atoms with E-state index in [2.05, 4.69) is 4.98 Å². The molecule has 2 atom stereocenters. The van der Waals surface area contributed by atoms with Gasteiger partial charge in [0.15, 0.2) is 0 Å². The average molecular weight is 312 g/mol. The summed E-state index contributed by atoms with van der Waals surface area (Å²) in [5.74, 6) is -1.42. The highest BCUT2D eigenvalue weighted by molar-refractivity contribution is 7.13. The normalized spacial score (nSPS) is 20.3. The predicted molar refractivity (Wildman–Crippen MR) is 78.5 cm³/mol. The summed E-state index contributed by atoms with van der Waals surface area (Å²) in [5, 5.41) is 9.88. The van der Waals surface area contributed by atoms with Crippen LogP contribution in [0.4, 0.5) is 0 Å². The van der Waals surface area contributed by atoms with Crippen LogP contribution < -0.4 is 0 Å². The Morgan fingerprint density at radius 3 is 2.86 bits per heavy atom. The third-order valence-corrected chi connectivity index (χ3v) is 5.07. The van der Waals surface area contributed by atoms with E-state index in [9.17, 15) is 9.59 Å². The number of rotatable bonds is 4. The lowest BCUT2D eigenvalue weighted by molar-refractivity contribution is -0.143. The summed E-state index contributed by atoms with van der Waals surface area (Å²) in [6, 6.07) is 0. The zero-order chi connectivity index (χ0) is 15.6. The highest BCUT2D eigenvalue weighted by atomic mass is 32.1. The van der Waals surface area contributed by atoms with Gasteiger partial charge in [-0.15, -0.1) is 11.3 Å². The van der Waals surface area contributed by atoms with Crippen molar-refractivity contribution in [1.82, 2.24) is 9.88 Å². The van der Waals surface area contributed by atoms with Gasteiger partial charge in [0.1, 0.15) is 16.0 Å². The predicted octanol–water partition coefficient (Wildman–Crippen LogP) is 2.10. The number of nitrogens with zero attached hydrogens (tertiary/aromatic N) is 2. The van der Waals surface area contributed by atoms with Crippen LogP contribution in [0.2, 0.25) is 0 Å². The van der Waals surface area contributed by atoms with Gasteiger partial charge in [-0.1, -0.05) is 0 Å². The molecule has 0 aliphatic carbocycles. The van der Waals surface area contributed by atoms with Crippen molar-refractivity contribution in [3.8, 4) is 0 Å². The minimum Gasteiger partial charge on any atom is -0.481 e. The number of aryl methyl sites for hydroxylation is 1. The number of ether oxygens (including phenoxy) is 1. The first-order valence-corrected chi connectivity index (χ1v) is 7.78. The van der Waals surface area contributed by atoms with Crippen LogP contribution in [0.5, 0.6) is 0 Å². The fourth-order valence-electron chi connectivity index (χ4n) is 2.40. The van der Waals surface area contributed by atoms with Crippen molar-refractivity contribution in [2.24, 2.45) is 5.92 Å².